The first-order valence-corrected chi connectivity index (χ1v) is 11.0. The van der Waals surface area contributed by atoms with Crippen molar-refractivity contribution >= 4 is 17.3 Å². The fraction of sp³-hybridized carbons (Fsp3) is 0.391. The fourth-order valence-electron chi connectivity index (χ4n) is 4.13. The Balaban J connectivity index is 1.31. The summed E-state index contributed by atoms with van der Waals surface area (Å²) in [6.45, 7) is 5.35. The second-order valence-corrected chi connectivity index (χ2v) is 8.32. The van der Waals surface area contributed by atoms with E-state index in [0.29, 0.717) is 11.8 Å². The molecule has 0 bridgehead atoms. The highest BCUT2D eigenvalue weighted by Crippen LogP contribution is 2.31. The van der Waals surface area contributed by atoms with Gasteiger partial charge in [0, 0.05) is 49.7 Å². The molecule has 2 aliphatic rings. The molecule has 0 unspecified atom stereocenters. The molecule has 2 aliphatic heterocycles. The number of rotatable bonds is 6. The third kappa shape index (κ3) is 4.80. The molecule has 0 radical (unpaired) electrons. The number of piperazine rings is 1. The van der Waals surface area contributed by atoms with Gasteiger partial charge in [-0.15, -0.1) is 5.10 Å². The maximum Gasteiger partial charge on any atom is 0.416 e. The first-order valence-electron chi connectivity index (χ1n) is 11.0. The van der Waals surface area contributed by atoms with Crippen LogP contribution >= 0.6 is 0 Å². The van der Waals surface area contributed by atoms with Crippen molar-refractivity contribution in [3.63, 3.8) is 0 Å². The van der Waals surface area contributed by atoms with Gasteiger partial charge in [0.25, 0.3) is 0 Å². The molecule has 0 aliphatic carbocycles. The van der Waals surface area contributed by atoms with E-state index in [-0.39, 0.29) is 11.6 Å². The molecule has 180 valence electrons. The van der Waals surface area contributed by atoms with Crippen LogP contribution in [0.5, 0.6) is 5.75 Å². The van der Waals surface area contributed by atoms with Gasteiger partial charge < -0.3 is 19.7 Å². The molecule has 2 saturated heterocycles. The van der Waals surface area contributed by atoms with Crippen molar-refractivity contribution in [3.05, 3.63) is 54.4 Å². The number of nitrogens with zero attached hydrogens (tertiary/aromatic N) is 5. The Morgan fingerprint density at radius 3 is 2.50 bits per heavy atom. The number of hydrogen-bond donors (Lipinski definition) is 1. The zero-order valence-corrected chi connectivity index (χ0v) is 18.6. The third-order valence-corrected chi connectivity index (χ3v) is 6.13. The molecule has 1 N–H and O–H groups in total. The molecule has 0 amide bonds. The lowest BCUT2D eigenvalue weighted by molar-refractivity contribution is -0.137. The largest absolute Gasteiger partial charge is 0.497 e. The molecule has 2 fully saturated rings. The highest BCUT2D eigenvalue weighted by molar-refractivity contribution is 5.66. The summed E-state index contributed by atoms with van der Waals surface area (Å²) in [4.78, 5) is 8.98. The van der Waals surface area contributed by atoms with Crippen LogP contribution in [-0.4, -0.2) is 72.2 Å². The normalized spacial score (nSPS) is 17.5. The van der Waals surface area contributed by atoms with E-state index in [1.165, 1.54) is 17.1 Å². The predicted molar refractivity (Wildman–Crippen MR) is 121 cm³/mol. The van der Waals surface area contributed by atoms with Crippen molar-refractivity contribution in [2.75, 3.05) is 56.7 Å². The molecule has 3 aromatic rings. The van der Waals surface area contributed by atoms with Gasteiger partial charge in [0.15, 0.2) is 0 Å². The maximum absolute atomic E-state index is 13.0. The van der Waals surface area contributed by atoms with Gasteiger partial charge in [0.05, 0.1) is 37.6 Å². The van der Waals surface area contributed by atoms with E-state index in [1.54, 1.807) is 13.2 Å². The SMILES string of the molecule is COc1cc(Nc2ncn(-c3cccc(C(F)(F)F)c3)n2)cc(N2CCN(C3COC3)CC2)c1. The van der Waals surface area contributed by atoms with Crippen molar-refractivity contribution in [2.45, 2.75) is 12.2 Å². The van der Waals surface area contributed by atoms with Crippen LogP contribution in [0, 0.1) is 0 Å². The number of methoxy groups -OCH3 is 1. The summed E-state index contributed by atoms with van der Waals surface area (Å²) in [5.41, 5.74) is 1.28. The van der Waals surface area contributed by atoms with E-state index < -0.39 is 11.7 Å². The second-order valence-electron chi connectivity index (χ2n) is 8.32. The average Bonchev–Trinajstić information content (AvgIpc) is 3.26. The Morgan fingerprint density at radius 2 is 1.82 bits per heavy atom. The van der Waals surface area contributed by atoms with Crippen LogP contribution in [0.15, 0.2) is 48.8 Å². The molecule has 5 rings (SSSR count). The molecular weight excluding hydrogens is 449 g/mol. The smallest absolute Gasteiger partial charge is 0.416 e. The van der Waals surface area contributed by atoms with Gasteiger partial charge in [0.1, 0.15) is 12.1 Å². The van der Waals surface area contributed by atoms with Gasteiger partial charge in [-0.1, -0.05) is 6.07 Å². The predicted octanol–water partition coefficient (Wildman–Crippen LogP) is 3.56. The van der Waals surface area contributed by atoms with Crippen LogP contribution in [0.2, 0.25) is 0 Å². The number of alkyl halides is 3. The summed E-state index contributed by atoms with van der Waals surface area (Å²) in [5.74, 6) is 0.957. The molecule has 1 aromatic heterocycles. The fourth-order valence-corrected chi connectivity index (χ4v) is 4.13. The quantitative estimate of drug-likeness (QED) is 0.586. The highest BCUT2D eigenvalue weighted by Gasteiger charge is 2.31. The molecule has 0 saturated carbocycles. The summed E-state index contributed by atoms with van der Waals surface area (Å²) in [6.07, 6.45) is -3.05. The zero-order chi connectivity index (χ0) is 23.7. The summed E-state index contributed by atoms with van der Waals surface area (Å²) >= 11 is 0. The summed E-state index contributed by atoms with van der Waals surface area (Å²) in [7, 11) is 1.61. The Labute approximate surface area is 194 Å². The first-order chi connectivity index (χ1) is 16.4. The topological polar surface area (TPSA) is 67.7 Å². The van der Waals surface area contributed by atoms with Gasteiger partial charge in [-0.3, -0.25) is 4.90 Å². The lowest BCUT2D eigenvalue weighted by atomic mass is 10.1. The number of aromatic nitrogens is 3. The van der Waals surface area contributed by atoms with Crippen LogP contribution < -0.4 is 15.0 Å². The molecule has 8 nitrogen and oxygen atoms in total. The summed E-state index contributed by atoms with van der Waals surface area (Å²) < 4.78 is 51.2. The van der Waals surface area contributed by atoms with Crippen LogP contribution in [0.25, 0.3) is 5.69 Å². The lowest BCUT2D eigenvalue weighted by Gasteiger charge is -2.43. The number of anilines is 3. The van der Waals surface area contributed by atoms with Crippen molar-refractivity contribution in [1.82, 2.24) is 19.7 Å². The van der Waals surface area contributed by atoms with E-state index >= 15 is 0 Å². The van der Waals surface area contributed by atoms with Gasteiger partial charge in [-0.05, 0) is 24.3 Å². The highest BCUT2D eigenvalue weighted by atomic mass is 19.4. The van der Waals surface area contributed by atoms with E-state index in [2.05, 4.69) is 25.2 Å². The Morgan fingerprint density at radius 1 is 1.03 bits per heavy atom. The Bertz CT molecular complexity index is 1140. The lowest BCUT2D eigenvalue weighted by Crippen LogP contribution is -2.56. The second kappa shape index (κ2) is 9.15. The van der Waals surface area contributed by atoms with Crippen LogP contribution in [0.3, 0.4) is 0 Å². The number of ether oxygens (including phenoxy) is 2. The maximum atomic E-state index is 13.0. The average molecular weight is 474 g/mol. The van der Waals surface area contributed by atoms with Gasteiger partial charge in [-0.25, -0.2) is 4.68 Å². The standard InChI is InChI=1S/C23H25F3N6O2/c1-33-21-11-17(10-19(12-21)30-5-7-31(8-6-30)20-13-34-14-20)28-22-27-15-32(29-22)18-4-2-3-16(9-18)23(24,25)26/h2-4,9-12,15,20H,5-8,13-14H2,1H3,(H,28,29). The van der Waals surface area contributed by atoms with Crippen molar-refractivity contribution in [2.24, 2.45) is 0 Å². The number of halogens is 3. The minimum absolute atomic E-state index is 0.270. The number of benzene rings is 2. The zero-order valence-electron chi connectivity index (χ0n) is 18.6. The molecule has 2 aromatic carbocycles. The van der Waals surface area contributed by atoms with Gasteiger partial charge in [-0.2, -0.15) is 18.2 Å². The Hall–Kier alpha value is -3.31. The van der Waals surface area contributed by atoms with Crippen molar-refractivity contribution in [3.8, 4) is 11.4 Å². The molecule has 0 atom stereocenters. The first kappa shape index (κ1) is 22.5. The van der Waals surface area contributed by atoms with Crippen molar-refractivity contribution in [1.29, 1.82) is 0 Å². The molecular formula is C23H25F3N6O2. The minimum atomic E-state index is -4.42. The van der Waals surface area contributed by atoms with Crippen LogP contribution in [-0.2, 0) is 10.9 Å². The summed E-state index contributed by atoms with van der Waals surface area (Å²) in [6, 6.07) is 11.3. The van der Waals surface area contributed by atoms with Gasteiger partial charge >= 0.3 is 6.18 Å². The van der Waals surface area contributed by atoms with E-state index in [9.17, 15) is 13.2 Å². The molecule has 34 heavy (non-hydrogen) atoms. The molecule has 0 spiro atoms. The van der Waals surface area contributed by atoms with E-state index in [4.69, 9.17) is 9.47 Å². The third-order valence-electron chi connectivity index (χ3n) is 6.13. The van der Waals surface area contributed by atoms with Crippen LogP contribution in [0.1, 0.15) is 5.56 Å². The number of nitrogens with one attached hydrogen (secondary N) is 1. The van der Waals surface area contributed by atoms with E-state index in [1.807, 2.05) is 18.2 Å². The number of hydrogen-bond acceptors (Lipinski definition) is 7. The molecule has 3 heterocycles. The monoisotopic (exact) mass is 474 g/mol. The Kier molecular flexibility index (Phi) is 6.05. The van der Waals surface area contributed by atoms with Crippen molar-refractivity contribution < 1.29 is 22.6 Å². The summed E-state index contributed by atoms with van der Waals surface area (Å²) in [5, 5.41) is 7.44. The van der Waals surface area contributed by atoms with E-state index in [0.717, 1.165) is 62.9 Å². The van der Waals surface area contributed by atoms with Crippen LogP contribution in [0.4, 0.5) is 30.5 Å². The minimum Gasteiger partial charge on any atom is -0.497 e. The molecule has 11 heteroatoms. The van der Waals surface area contributed by atoms with Gasteiger partial charge in [0.2, 0.25) is 5.95 Å².